The fourth-order valence-corrected chi connectivity index (χ4v) is 2.18. The summed E-state index contributed by atoms with van der Waals surface area (Å²) in [5, 5.41) is 0. The Morgan fingerprint density at radius 3 is 2.81 bits per heavy atom. The minimum atomic E-state index is -0.762. The quantitative estimate of drug-likeness (QED) is 0.636. The summed E-state index contributed by atoms with van der Waals surface area (Å²) in [5.74, 6) is -0.329. The molecule has 0 bridgehead atoms. The molecule has 1 aliphatic heterocycles. The van der Waals surface area contributed by atoms with Crippen molar-refractivity contribution in [2.75, 3.05) is 39.7 Å². The van der Waals surface area contributed by atoms with Crippen LogP contribution in [0.2, 0.25) is 0 Å². The van der Waals surface area contributed by atoms with Gasteiger partial charge in [-0.25, -0.2) is 4.79 Å². The van der Waals surface area contributed by atoms with Crippen LogP contribution in [0.3, 0.4) is 0 Å². The summed E-state index contributed by atoms with van der Waals surface area (Å²) in [5.41, 5.74) is 6.48. The van der Waals surface area contributed by atoms with Crippen molar-refractivity contribution in [3.63, 3.8) is 0 Å². The van der Waals surface area contributed by atoms with E-state index in [9.17, 15) is 9.59 Å². The number of morpholine rings is 1. The Balaban J connectivity index is 2.30. The van der Waals surface area contributed by atoms with Gasteiger partial charge in [-0.1, -0.05) is 0 Å². The van der Waals surface area contributed by atoms with Gasteiger partial charge in [-0.3, -0.25) is 4.79 Å². The summed E-state index contributed by atoms with van der Waals surface area (Å²) < 4.78 is 15.1. The maximum atomic E-state index is 12.6. The molecular weight excluding hydrogens is 276 g/mol. The first-order valence-corrected chi connectivity index (χ1v) is 6.48. The number of anilines is 1. The van der Waals surface area contributed by atoms with Crippen molar-refractivity contribution in [3.8, 4) is 5.75 Å². The summed E-state index contributed by atoms with van der Waals surface area (Å²) in [4.78, 5) is 25.8. The normalized spacial score (nSPS) is 18.2. The Labute approximate surface area is 122 Å². The number of nitrogens with two attached hydrogens (primary N) is 1. The van der Waals surface area contributed by atoms with Crippen LogP contribution >= 0.6 is 0 Å². The highest BCUT2D eigenvalue weighted by atomic mass is 16.5. The maximum Gasteiger partial charge on any atom is 0.331 e. The largest absolute Gasteiger partial charge is 0.497 e. The smallest absolute Gasteiger partial charge is 0.331 e. The molecule has 21 heavy (non-hydrogen) atoms. The highest BCUT2D eigenvalue weighted by molar-refractivity contribution is 6.01. The van der Waals surface area contributed by atoms with E-state index in [2.05, 4.69) is 0 Å². The third kappa shape index (κ3) is 3.08. The van der Waals surface area contributed by atoms with Gasteiger partial charge in [-0.15, -0.1) is 0 Å². The van der Waals surface area contributed by atoms with E-state index in [4.69, 9.17) is 19.9 Å². The molecule has 1 aliphatic rings. The van der Waals surface area contributed by atoms with E-state index in [1.165, 1.54) is 19.1 Å². The zero-order chi connectivity index (χ0) is 15.4. The number of benzene rings is 1. The van der Waals surface area contributed by atoms with Crippen molar-refractivity contribution < 1.29 is 23.8 Å². The molecule has 2 rings (SSSR count). The van der Waals surface area contributed by atoms with Crippen LogP contribution in [0, 0.1) is 0 Å². The highest BCUT2D eigenvalue weighted by Gasteiger charge is 2.34. The topological polar surface area (TPSA) is 91.1 Å². The zero-order valence-corrected chi connectivity index (χ0v) is 12.0. The van der Waals surface area contributed by atoms with Gasteiger partial charge in [0, 0.05) is 12.2 Å². The van der Waals surface area contributed by atoms with Crippen LogP contribution in [0.5, 0.6) is 5.75 Å². The van der Waals surface area contributed by atoms with Crippen molar-refractivity contribution in [2.24, 2.45) is 0 Å². The molecule has 1 aromatic carbocycles. The Hall–Kier alpha value is -2.28. The lowest BCUT2D eigenvalue weighted by Crippen LogP contribution is -2.53. The van der Waals surface area contributed by atoms with Crippen LogP contribution in [-0.4, -0.2) is 56.8 Å². The molecule has 0 spiro atoms. The molecule has 1 atom stereocenters. The molecule has 1 fully saturated rings. The minimum absolute atomic E-state index is 0.113. The van der Waals surface area contributed by atoms with Crippen LogP contribution < -0.4 is 10.5 Å². The third-order valence-electron chi connectivity index (χ3n) is 3.35. The first-order valence-electron chi connectivity index (χ1n) is 6.48. The van der Waals surface area contributed by atoms with Gasteiger partial charge in [-0.2, -0.15) is 0 Å². The fourth-order valence-electron chi connectivity index (χ4n) is 2.18. The minimum Gasteiger partial charge on any atom is -0.497 e. The number of nitrogens with zero attached hydrogens (tertiary/aromatic N) is 1. The molecule has 114 valence electrons. The number of rotatable bonds is 3. The van der Waals surface area contributed by atoms with Crippen molar-refractivity contribution >= 4 is 17.6 Å². The molecule has 0 aromatic heterocycles. The number of hydrogen-bond donors (Lipinski definition) is 1. The second-order valence-corrected chi connectivity index (χ2v) is 4.57. The number of carbonyl (C=O) groups excluding carboxylic acids is 2. The number of carbonyl (C=O) groups is 2. The predicted molar refractivity (Wildman–Crippen MR) is 75.1 cm³/mol. The second-order valence-electron chi connectivity index (χ2n) is 4.57. The van der Waals surface area contributed by atoms with Crippen LogP contribution in [0.25, 0.3) is 0 Å². The molecule has 1 unspecified atom stereocenters. The number of nitrogen functional groups attached to an aromatic ring is 1. The van der Waals surface area contributed by atoms with E-state index < -0.39 is 12.0 Å². The van der Waals surface area contributed by atoms with Crippen LogP contribution in [0.4, 0.5) is 5.69 Å². The van der Waals surface area contributed by atoms with Crippen LogP contribution in [-0.2, 0) is 14.3 Å². The van der Waals surface area contributed by atoms with Crippen molar-refractivity contribution in [3.05, 3.63) is 23.8 Å². The number of amides is 1. The van der Waals surface area contributed by atoms with Gasteiger partial charge in [0.1, 0.15) is 5.75 Å². The van der Waals surface area contributed by atoms with Gasteiger partial charge >= 0.3 is 5.97 Å². The molecule has 1 saturated heterocycles. The van der Waals surface area contributed by atoms with Gasteiger partial charge in [0.2, 0.25) is 0 Å². The summed E-state index contributed by atoms with van der Waals surface area (Å²) in [6.07, 6.45) is 0. The number of ether oxygens (including phenoxy) is 3. The Morgan fingerprint density at radius 2 is 2.14 bits per heavy atom. The van der Waals surface area contributed by atoms with Crippen LogP contribution in [0.1, 0.15) is 10.4 Å². The fraction of sp³-hybridized carbons (Fsp3) is 0.429. The zero-order valence-electron chi connectivity index (χ0n) is 12.0. The van der Waals surface area contributed by atoms with E-state index in [1.54, 1.807) is 18.2 Å². The Morgan fingerprint density at radius 1 is 1.38 bits per heavy atom. The van der Waals surface area contributed by atoms with Gasteiger partial charge in [0.05, 0.1) is 33.0 Å². The van der Waals surface area contributed by atoms with E-state index in [0.717, 1.165) is 0 Å². The van der Waals surface area contributed by atoms with Gasteiger partial charge in [0.25, 0.3) is 5.91 Å². The molecular formula is C14H18N2O5. The van der Waals surface area contributed by atoms with E-state index >= 15 is 0 Å². The number of hydrogen-bond acceptors (Lipinski definition) is 6. The maximum absolute atomic E-state index is 12.6. The molecule has 0 saturated carbocycles. The monoisotopic (exact) mass is 294 g/mol. The first-order chi connectivity index (χ1) is 10.1. The third-order valence-corrected chi connectivity index (χ3v) is 3.35. The average molecular weight is 294 g/mol. The first kappa shape index (κ1) is 15.1. The molecule has 0 aliphatic carbocycles. The van der Waals surface area contributed by atoms with Gasteiger partial charge in [-0.05, 0) is 18.2 Å². The lowest BCUT2D eigenvalue weighted by molar-refractivity contribution is -0.151. The highest BCUT2D eigenvalue weighted by Crippen LogP contribution is 2.23. The lowest BCUT2D eigenvalue weighted by atomic mass is 10.1. The summed E-state index contributed by atoms with van der Waals surface area (Å²) >= 11 is 0. The molecule has 1 aromatic rings. The molecule has 7 heteroatoms. The average Bonchev–Trinajstić information content (AvgIpc) is 2.54. The van der Waals surface area contributed by atoms with E-state index in [-0.39, 0.29) is 12.5 Å². The van der Waals surface area contributed by atoms with E-state index in [0.29, 0.717) is 30.2 Å². The van der Waals surface area contributed by atoms with Crippen molar-refractivity contribution in [1.29, 1.82) is 0 Å². The molecule has 1 amide bonds. The number of esters is 1. The van der Waals surface area contributed by atoms with Gasteiger partial charge < -0.3 is 24.8 Å². The molecule has 7 nitrogen and oxygen atoms in total. The Bertz CT molecular complexity index is 546. The summed E-state index contributed by atoms with van der Waals surface area (Å²) in [6.45, 7) is 0.778. The standard InChI is InChI=1S/C14H18N2O5/c1-19-9-3-4-11(15)10(7-9)13(17)16-5-6-21-8-12(16)14(18)20-2/h3-4,7,12H,5-6,8,15H2,1-2H3. The SMILES string of the molecule is COC(=O)C1COCCN1C(=O)c1cc(OC)ccc1N. The number of methoxy groups -OCH3 is 2. The molecule has 0 radical (unpaired) electrons. The van der Waals surface area contributed by atoms with Gasteiger partial charge in [0.15, 0.2) is 6.04 Å². The predicted octanol–water partition coefficient (Wildman–Crippen LogP) is 0.291. The second kappa shape index (κ2) is 6.45. The summed E-state index contributed by atoms with van der Waals surface area (Å²) in [7, 11) is 2.78. The lowest BCUT2D eigenvalue weighted by Gasteiger charge is -2.33. The van der Waals surface area contributed by atoms with Crippen LogP contribution in [0.15, 0.2) is 18.2 Å². The van der Waals surface area contributed by atoms with E-state index in [1.807, 2.05) is 0 Å². The van der Waals surface area contributed by atoms with Crippen molar-refractivity contribution in [2.45, 2.75) is 6.04 Å². The summed E-state index contributed by atoms with van der Waals surface area (Å²) in [6, 6.07) is 4.06. The van der Waals surface area contributed by atoms with Crippen molar-refractivity contribution in [1.82, 2.24) is 4.90 Å². The molecule has 1 heterocycles. The Kier molecular flexibility index (Phi) is 4.64. The molecule has 2 N–H and O–H groups in total.